The summed E-state index contributed by atoms with van der Waals surface area (Å²) < 4.78 is 0. The van der Waals surface area contributed by atoms with Crippen LogP contribution in [0.1, 0.15) is 13.8 Å². The molecule has 0 spiro atoms. The molecule has 0 amide bonds. The van der Waals surface area contributed by atoms with Crippen LogP contribution in [0.4, 0.5) is 11.5 Å². The summed E-state index contributed by atoms with van der Waals surface area (Å²) in [7, 11) is 2.15. The maximum absolute atomic E-state index is 5.59. The minimum absolute atomic E-state index is 0.725. The maximum Gasteiger partial charge on any atom is 0.128 e. The van der Waals surface area contributed by atoms with Crippen LogP contribution in [0.25, 0.3) is 0 Å². The van der Waals surface area contributed by atoms with Gasteiger partial charge in [0.1, 0.15) is 5.82 Å². The Hall–Kier alpha value is -1.29. The van der Waals surface area contributed by atoms with Gasteiger partial charge in [0.05, 0.1) is 11.9 Å². The monoisotopic (exact) mass is 222 g/mol. The lowest BCUT2D eigenvalue weighted by Crippen LogP contribution is -2.44. The van der Waals surface area contributed by atoms with Gasteiger partial charge in [-0.3, -0.25) is 0 Å². The first-order valence-corrected chi connectivity index (χ1v) is 5.91. The van der Waals surface area contributed by atoms with E-state index >= 15 is 0 Å². The number of hydrogen-bond donors (Lipinski definition) is 1. The molecule has 1 aromatic heterocycles. The first kappa shape index (κ1) is 12.8. The molecule has 0 unspecified atom stereocenters. The van der Waals surface area contributed by atoms with Gasteiger partial charge in [-0.25, -0.2) is 4.98 Å². The van der Waals surface area contributed by atoms with Crippen molar-refractivity contribution in [2.45, 2.75) is 13.8 Å². The number of nitrogens with zero attached hydrogens (tertiary/aromatic N) is 3. The Morgan fingerprint density at radius 1 is 1.12 bits per heavy atom. The summed E-state index contributed by atoms with van der Waals surface area (Å²) in [4.78, 5) is 8.93. The van der Waals surface area contributed by atoms with Crippen LogP contribution in [0, 0.1) is 0 Å². The van der Waals surface area contributed by atoms with Gasteiger partial charge in [0.2, 0.25) is 0 Å². The fourth-order valence-corrected chi connectivity index (χ4v) is 1.62. The number of nitrogen functional groups attached to an aromatic ring is 1. The Bertz CT molecular complexity index is 288. The van der Waals surface area contributed by atoms with E-state index in [1.165, 1.54) is 0 Å². The van der Waals surface area contributed by atoms with E-state index in [0.717, 1.165) is 37.7 Å². The molecule has 1 aliphatic heterocycles. The van der Waals surface area contributed by atoms with Crippen LogP contribution in [-0.2, 0) is 0 Å². The van der Waals surface area contributed by atoms with Gasteiger partial charge in [0.15, 0.2) is 0 Å². The van der Waals surface area contributed by atoms with Gasteiger partial charge in [-0.1, -0.05) is 13.8 Å². The number of nitrogens with two attached hydrogens (primary N) is 1. The summed E-state index contributed by atoms with van der Waals surface area (Å²) in [5, 5.41) is 0. The summed E-state index contributed by atoms with van der Waals surface area (Å²) in [5.41, 5.74) is 6.31. The van der Waals surface area contributed by atoms with Crippen LogP contribution in [-0.4, -0.2) is 43.1 Å². The minimum atomic E-state index is 0.725. The molecule has 2 heterocycles. The summed E-state index contributed by atoms with van der Waals surface area (Å²) in [6, 6.07) is 3.89. The fourth-order valence-electron chi connectivity index (χ4n) is 1.62. The normalized spacial score (nSPS) is 16.6. The Kier molecular flexibility index (Phi) is 5.05. The van der Waals surface area contributed by atoms with Crippen molar-refractivity contribution in [1.29, 1.82) is 0 Å². The van der Waals surface area contributed by atoms with E-state index in [1.807, 2.05) is 26.0 Å². The second-order valence-corrected chi connectivity index (χ2v) is 3.74. The Balaban J connectivity index is 0.000000606. The van der Waals surface area contributed by atoms with Crippen molar-refractivity contribution in [3.63, 3.8) is 0 Å². The molecule has 2 N–H and O–H groups in total. The molecule has 2 rings (SSSR count). The molecular formula is C12H22N4. The summed E-state index contributed by atoms with van der Waals surface area (Å²) in [6.07, 6.45) is 1.72. The highest BCUT2D eigenvalue weighted by Gasteiger charge is 2.14. The zero-order valence-electron chi connectivity index (χ0n) is 10.5. The quantitative estimate of drug-likeness (QED) is 0.781. The van der Waals surface area contributed by atoms with Crippen molar-refractivity contribution in [3.05, 3.63) is 18.3 Å². The van der Waals surface area contributed by atoms with Crippen LogP contribution >= 0.6 is 0 Å². The highest BCUT2D eigenvalue weighted by Crippen LogP contribution is 2.13. The molecule has 0 atom stereocenters. The van der Waals surface area contributed by atoms with Crippen LogP contribution in [0.5, 0.6) is 0 Å². The first-order chi connectivity index (χ1) is 7.75. The molecule has 1 aromatic rings. The van der Waals surface area contributed by atoms with Gasteiger partial charge in [-0.2, -0.15) is 0 Å². The molecule has 4 nitrogen and oxygen atoms in total. The predicted octanol–water partition coefficient (Wildman–Crippen LogP) is 1.44. The van der Waals surface area contributed by atoms with E-state index in [2.05, 4.69) is 21.8 Å². The summed E-state index contributed by atoms with van der Waals surface area (Å²) >= 11 is 0. The first-order valence-electron chi connectivity index (χ1n) is 5.91. The van der Waals surface area contributed by atoms with Gasteiger partial charge in [-0.05, 0) is 19.2 Å². The van der Waals surface area contributed by atoms with Crippen molar-refractivity contribution in [1.82, 2.24) is 9.88 Å². The average molecular weight is 222 g/mol. The maximum atomic E-state index is 5.59. The van der Waals surface area contributed by atoms with Crippen molar-refractivity contribution >= 4 is 11.5 Å². The lowest BCUT2D eigenvalue weighted by molar-refractivity contribution is 0.312. The Morgan fingerprint density at radius 2 is 1.75 bits per heavy atom. The zero-order valence-corrected chi connectivity index (χ0v) is 10.5. The lowest BCUT2D eigenvalue weighted by Gasteiger charge is -2.33. The number of piperazine rings is 1. The largest absolute Gasteiger partial charge is 0.397 e. The number of hydrogen-bond acceptors (Lipinski definition) is 4. The van der Waals surface area contributed by atoms with Crippen molar-refractivity contribution in [3.8, 4) is 0 Å². The van der Waals surface area contributed by atoms with Gasteiger partial charge in [0.25, 0.3) is 0 Å². The van der Waals surface area contributed by atoms with Crippen molar-refractivity contribution in [2.75, 3.05) is 43.9 Å². The smallest absolute Gasteiger partial charge is 0.128 e. The SMILES string of the molecule is CC.CN1CCN(c2ccc(N)cn2)CC1. The molecule has 0 saturated carbocycles. The molecule has 4 heteroatoms. The fraction of sp³-hybridized carbons (Fsp3) is 0.583. The number of aromatic nitrogens is 1. The Morgan fingerprint density at radius 3 is 2.25 bits per heavy atom. The molecule has 90 valence electrons. The van der Waals surface area contributed by atoms with E-state index in [4.69, 9.17) is 5.73 Å². The second-order valence-electron chi connectivity index (χ2n) is 3.74. The molecule has 0 bridgehead atoms. The summed E-state index contributed by atoms with van der Waals surface area (Å²) in [5.74, 6) is 1.03. The highest BCUT2D eigenvalue weighted by molar-refractivity contribution is 5.45. The van der Waals surface area contributed by atoms with Crippen LogP contribution in [0.2, 0.25) is 0 Å². The van der Waals surface area contributed by atoms with Crippen LogP contribution in [0.3, 0.4) is 0 Å². The average Bonchev–Trinajstić information content (AvgIpc) is 2.34. The van der Waals surface area contributed by atoms with Gasteiger partial charge in [-0.15, -0.1) is 0 Å². The molecule has 1 fully saturated rings. The Labute approximate surface area is 98.1 Å². The van der Waals surface area contributed by atoms with Crippen molar-refractivity contribution < 1.29 is 0 Å². The van der Waals surface area contributed by atoms with Crippen LogP contribution < -0.4 is 10.6 Å². The standard InChI is InChI=1S/C10H16N4.C2H6/c1-13-4-6-14(7-5-13)10-3-2-9(11)8-12-10;1-2/h2-3,8H,4-7,11H2,1H3;1-2H3. The minimum Gasteiger partial charge on any atom is -0.397 e. The third-order valence-corrected chi connectivity index (χ3v) is 2.60. The number of rotatable bonds is 1. The number of anilines is 2. The molecule has 1 aliphatic rings. The zero-order chi connectivity index (χ0) is 12.0. The summed E-state index contributed by atoms with van der Waals surface area (Å²) in [6.45, 7) is 8.30. The third-order valence-electron chi connectivity index (χ3n) is 2.60. The molecule has 0 aromatic carbocycles. The molecular weight excluding hydrogens is 200 g/mol. The van der Waals surface area contributed by atoms with E-state index in [-0.39, 0.29) is 0 Å². The molecule has 0 radical (unpaired) electrons. The number of likely N-dealkylation sites (N-methyl/N-ethyl adjacent to an activating group) is 1. The highest BCUT2D eigenvalue weighted by atomic mass is 15.3. The second kappa shape index (κ2) is 6.33. The third kappa shape index (κ3) is 3.38. The van der Waals surface area contributed by atoms with Crippen LogP contribution in [0.15, 0.2) is 18.3 Å². The van der Waals surface area contributed by atoms with E-state index in [9.17, 15) is 0 Å². The van der Waals surface area contributed by atoms with E-state index in [1.54, 1.807) is 6.20 Å². The van der Waals surface area contributed by atoms with E-state index < -0.39 is 0 Å². The molecule has 16 heavy (non-hydrogen) atoms. The van der Waals surface area contributed by atoms with Gasteiger partial charge >= 0.3 is 0 Å². The van der Waals surface area contributed by atoms with Gasteiger partial charge < -0.3 is 15.5 Å². The molecule has 0 aliphatic carbocycles. The van der Waals surface area contributed by atoms with Gasteiger partial charge in [0, 0.05) is 26.2 Å². The molecule has 1 saturated heterocycles. The van der Waals surface area contributed by atoms with Crippen molar-refractivity contribution in [2.24, 2.45) is 0 Å². The topological polar surface area (TPSA) is 45.4 Å². The predicted molar refractivity (Wildman–Crippen MR) is 69.7 cm³/mol. The van der Waals surface area contributed by atoms with E-state index in [0.29, 0.717) is 0 Å². The lowest BCUT2D eigenvalue weighted by atomic mass is 10.3. The number of pyridine rings is 1.